The van der Waals surface area contributed by atoms with Crippen LogP contribution in [0.2, 0.25) is 0 Å². The maximum Gasteiger partial charge on any atom is 0.301 e. The van der Waals surface area contributed by atoms with Gasteiger partial charge in [0.2, 0.25) is 0 Å². The van der Waals surface area contributed by atoms with E-state index in [0.717, 1.165) is 5.56 Å². The lowest BCUT2D eigenvalue weighted by Gasteiger charge is -2.23. The Bertz CT molecular complexity index is 1240. The van der Waals surface area contributed by atoms with Gasteiger partial charge in [-0.3, -0.25) is 14.5 Å². The molecule has 32 heavy (non-hydrogen) atoms. The third-order valence-electron chi connectivity index (χ3n) is 5.38. The summed E-state index contributed by atoms with van der Waals surface area (Å²) in [7, 11) is 3.08. The van der Waals surface area contributed by atoms with Gasteiger partial charge in [-0.1, -0.05) is 17.3 Å². The van der Waals surface area contributed by atoms with Crippen LogP contribution in [-0.4, -0.2) is 36.2 Å². The van der Waals surface area contributed by atoms with Crippen molar-refractivity contribution in [3.05, 3.63) is 76.6 Å². The Balaban J connectivity index is 1.94. The Morgan fingerprint density at radius 3 is 2.47 bits per heavy atom. The smallest absolute Gasteiger partial charge is 0.301 e. The van der Waals surface area contributed by atoms with Crippen molar-refractivity contribution in [1.82, 2.24) is 5.16 Å². The Morgan fingerprint density at radius 2 is 1.84 bits per heavy atom. The summed E-state index contributed by atoms with van der Waals surface area (Å²) in [6.07, 6.45) is 0. The molecular weight excluding hydrogens is 412 g/mol. The number of carbonyl (C=O) groups is 2. The monoisotopic (exact) mass is 434 g/mol. The Hall–Kier alpha value is -4.07. The molecule has 1 atom stereocenters. The number of Topliss-reactive ketones (excluding diaryl/α,β-unsaturated/α-hetero) is 1. The summed E-state index contributed by atoms with van der Waals surface area (Å²) in [5.74, 6) is -0.0550. The Kier molecular flexibility index (Phi) is 5.44. The minimum atomic E-state index is -0.919. The molecule has 0 saturated carbocycles. The van der Waals surface area contributed by atoms with E-state index in [2.05, 4.69) is 5.16 Å². The van der Waals surface area contributed by atoms with E-state index < -0.39 is 17.7 Å². The summed E-state index contributed by atoms with van der Waals surface area (Å²) in [5, 5.41) is 15.1. The highest BCUT2D eigenvalue weighted by molar-refractivity contribution is 6.51. The van der Waals surface area contributed by atoms with Gasteiger partial charge in [-0.05, 0) is 55.3 Å². The maximum absolute atomic E-state index is 13.1. The zero-order chi connectivity index (χ0) is 23.0. The number of anilines is 1. The van der Waals surface area contributed by atoms with Gasteiger partial charge in [0.25, 0.3) is 5.78 Å². The standard InChI is InChI=1S/C24H22N2O6/c1-13-10-16(8-9-18(13)31-4)22(27)20-21(15-6-5-7-17(12-15)30-3)26(24(29)23(20)28)19-11-14(2)32-25-19/h5-12,21,27H,1-4H3/b22-20+/t21-/m1/s1. The van der Waals surface area contributed by atoms with Crippen molar-refractivity contribution < 1.29 is 28.7 Å². The van der Waals surface area contributed by atoms with Gasteiger partial charge in [0, 0.05) is 11.6 Å². The molecule has 0 bridgehead atoms. The highest BCUT2D eigenvalue weighted by Gasteiger charge is 2.48. The zero-order valence-electron chi connectivity index (χ0n) is 18.1. The molecule has 1 N–H and O–H groups in total. The third kappa shape index (κ3) is 3.49. The Labute approximate surface area is 184 Å². The van der Waals surface area contributed by atoms with Crippen molar-refractivity contribution in [1.29, 1.82) is 0 Å². The van der Waals surface area contributed by atoms with E-state index in [9.17, 15) is 14.7 Å². The summed E-state index contributed by atoms with van der Waals surface area (Å²) < 4.78 is 15.7. The molecule has 2 aromatic carbocycles. The zero-order valence-corrected chi connectivity index (χ0v) is 18.1. The van der Waals surface area contributed by atoms with Gasteiger partial charge in [0.05, 0.1) is 25.8 Å². The molecule has 3 aromatic rings. The molecule has 0 spiro atoms. The number of hydrogen-bond donors (Lipinski definition) is 1. The fourth-order valence-electron chi connectivity index (χ4n) is 3.84. The van der Waals surface area contributed by atoms with Gasteiger partial charge < -0.3 is 19.1 Å². The molecule has 1 saturated heterocycles. The quantitative estimate of drug-likeness (QED) is 0.369. The number of ether oxygens (including phenoxy) is 2. The van der Waals surface area contributed by atoms with Crippen molar-refractivity contribution in [2.24, 2.45) is 0 Å². The van der Waals surface area contributed by atoms with Crippen LogP contribution in [0.25, 0.3) is 5.76 Å². The van der Waals surface area contributed by atoms with Crippen LogP contribution in [0.1, 0.15) is 28.5 Å². The topological polar surface area (TPSA) is 102 Å². The molecule has 1 aliphatic rings. The molecule has 0 unspecified atom stereocenters. The van der Waals surface area contributed by atoms with Gasteiger partial charge >= 0.3 is 5.91 Å². The number of aliphatic hydroxyl groups excluding tert-OH is 1. The summed E-state index contributed by atoms with van der Waals surface area (Å²) in [6.45, 7) is 3.51. The van der Waals surface area contributed by atoms with Crippen LogP contribution in [0.15, 0.2) is 58.6 Å². The van der Waals surface area contributed by atoms with E-state index in [1.807, 2.05) is 6.92 Å². The predicted molar refractivity (Wildman–Crippen MR) is 117 cm³/mol. The van der Waals surface area contributed by atoms with Crippen LogP contribution >= 0.6 is 0 Å². The number of benzene rings is 2. The first-order chi connectivity index (χ1) is 15.3. The maximum atomic E-state index is 13.1. The molecule has 0 aliphatic carbocycles. The normalized spacial score (nSPS) is 17.6. The number of hydrogen-bond acceptors (Lipinski definition) is 7. The van der Waals surface area contributed by atoms with Gasteiger partial charge in [0.1, 0.15) is 23.0 Å². The molecular formula is C24H22N2O6. The molecule has 0 radical (unpaired) electrons. The second-order valence-corrected chi connectivity index (χ2v) is 7.43. The highest BCUT2D eigenvalue weighted by Crippen LogP contribution is 2.42. The van der Waals surface area contributed by atoms with Crippen LogP contribution in [0.5, 0.6) is 11.5 Å². The largest absolute Gasteiger partial charge is 0.507 e. The number of ketones is 1. The minimum absolute atomic E-state index is 0.0477. The van der Waals surface area contributed by atoms with Crippen molar-refractivity contribution in [2.75, 3.05) is 19.1 Å². The number of nitrogens with zero attached hydrogens (tertiary/aromatic N) is 2. The number of rotatable bonds is 5. The molecule has 1 aromatic heterocycles. The summed E-state index contributed by atoms with van der Waals surface area (Å²) in [5.41, 5.74) is 1.70. The van der Waals surface area contributed by atoms with Gasteiger partial charge in [0.15, 0.2) is 5.82 Å². The van der Waals surface area contributed by atoms with Crippen LogP contribution in [0, 0.1) is 13.8 Å². The molecule has 1 aliphatic heterocycles. The molecule has 8 heteroatoms. The lowest BCUT2D eigenvalue weighted by atomic mass is 9.94. The van der Waals surface area contributed by atoms with E-state index in [4.69, 9.17) is 14.0 Å². The van der Waals surface area contributed by atoms with Gasteiger partial charge in [-0.25, -0.2) is 0 Å². The van der Waals surface area contributed by atoms with Crippen LogP contribution < -0.4 is 14.4 Å². The van der Waals surface area contributed by atoms with Crippen LogP contribution in [0.3, 0.4) is 0 Å². The van der Waals surface area contributed by atoms with Crippen LogP contribution in [0.4, 0.5) is 5.82 Å². The van der Waals surface area contributed by atoms with E-state index in [0.29, 0.717) is 28.4 Å². The first-order valence-electron chi connectivity index (χ1n) is 9.89. The Morgan fingerprint density at radius 1 is 1.06 bits per heavy atom. The summed E-state index contributed by atoms with van der Waals surface area (Å²) in [4.78, 5) is 27.4. The predicted octanol–water partition coefficient (Wildman–Crippen LogP) is 3.93. The number of amides is 1. The third-order valence-corrected chi connectivity index (χ3v) is 5.38. The molecule has 1 amide bonds. The van der Waals surface area contributed by atoms with Gasteiger partial charge in [-0.2, -0.15) is 0 Å². The SMILES string of the molecule is COc1cccc([C@@H]2/C(=C(\O)c3ccc(OC)c(C)c3)C(=O)C(=O)N2c2cc(C)on2)c1. The van der Waals surface area contributed by atoms with Crippen molar-refractivity contribution >= 4 is 23.3 Å². The van der Waals surface area contributed by atoms with Gasteiger partial charge in [-0.15, -0.1) is 0 Å². The number of aliphatic hydroxyl groups is 1. The molecule has 8 nitrogen and oxygen atoms in total. The molecule has 2 heterocycles. The van der Waals surface area contributed by atoms with E-state index in [-0.39, 0.29) is 17.2 Å². The summed E-state index contributed by atoms with van der Waals surface area (Å²) >= 11 is 0. The average Bonchev–Trinajstić information content (AvgIpc) is 3.33. The average molecular weight is 434 g/mol. The van der Waals surface area contributed by atoms with E-state index in [1.54, 1.807) is 62.6 Å². The number of methoxy groups -OCH3 is 2. The molecule has 4 rings (SSSR count). The fourth-order valence-corrected chi connectivity index (χ4v) is 3.84. The van der Waals surface area contributed by atoms with Crippen molar-refractivity contribution in [3.63, 3.8) is 0 Å². The second-order valence-electron chi connectivity index (χ2n) is 7.43. The summed E-state index contributed by atoms with van der Waals surface area (Å²) in [6, 6.07) is 12.6. The molecule has 1 fully saturated rings. The minimum Gasteiger partial charge on any atom is -0.507 e. The number of carbonyl (C=O) groups excluding carboxylic acids is 2. The highest BCUT2D eigenvalue weighted by atomic mass is 16.5. The first kappa shape index (κ1) is 21.2. The van der Waals surface area contributed by atoms with Crippen molar-refractivity contribution in [3.8, 4) is 11.5 Å². The van der Waals surface area contributed by atoms with Crippen LogP contribution in [-0.2, 0) is 9.59 Å². The lowest BCUT2D eigenvalue weighted by molar-refractivity contribution is -0.132. The number of aromatic nitrogens is 1. The van der Waals surface area contributed by atoms with E-state index in [1.165, 1.54) is 12.0 Å². The van der Waals surface area contributed by atoms with Crippen molar-refractivity contribution in [2.45, 2.75) is 19.9 Å². The van der Waals surface area contributed by atoms with E-state index >= 15 is 0 Å². The first-order valence-corrected chi connectivity index (χ1v) is 9.89. The fraction of sp³-hybridized carbons (Fsp3) is 0.208. The second kappa shape index (κ2) is 8.22. The number of aryl methyl sites for hydroxylation is 2. The lowest BCUT2D eigenvalue weighted by Crippen LogP contribution is -2.29. The molecule has 164 valence electrons.